The van der Waals surface area contributed by atoms with Gasteiger partial charge in [0.2, 0.25) is 0 Å². The molecule has 1 aromatic carbocycles. The predicted molar refractivity (Wildman–Crippen MR) is 82.5 cm³/mol. The Hall–Kier alpha value is -1.69. The van der Waals surface area contributed by atoms with Gasteiger partial charge >= 0.3 is 0 Å². The van der Waals surface area contributed by atoms with Gasteiger partial charge in [0.25, 0.3) is 0 Å². The second-order valence-corrected chi connectivity index (χ2v) is 6.44. The van der Waals surface area contributed by atoms with Gasteiger partial charge in [-0.15, -0.1) is 0 Å². The molecule has 1 saturated heterocycles. The minimum atomic E-state index is 0.607. The van der Waals surface area contributed by atoms with Crippen molar-refractivity contribution >= 4 is 11.4 Å². The van der Waals surface area contributed by atoms with Gasteiger partial charge in [0.1, 0.15) is 6.07 Å². The Morgan fingerprint density at radius 2 is 1.75 bits per heavy atom. The Morgan fingerprint density at radius 1 is 1.05 bits per heavy atom. The third-order valence-electron chi connectivity index (χ3n) is 5.22. The van der Waals surface area contributed by atoms with Crippen molar-refractivity contribution in [3.63, 3.8) is 0 Å². The van der Waals surface area contributed by atoms with Crippen molar-refractivity contribution in [2.24, 2.45) is 5.41 Å². The summed E-state index contributed by atoms with van der Waals surface area (Å²) in [4.78, 5) is 2.37. The van der Waals surface area contributed by atoms with E-state index in [9.17, 15) is 5.26 Å². The molecule has 3 rings (SSSR count). The van der Waals surface area contributed by atoms with E-state index in [4.69, 9.17) is 5.73 Å². The van der Waals surface area contributed by atoms with Crippen molar-refractivity contribution in [3.05, 3.63) is 23.8 Å². The highest BCUT2D eigenvalue weighted by Crippen LogP contribution is 2.45. The number of nitrogens with zero attached hydrogens (tertiary/aromatic N) is 2. The summed E-state index contributed by atoms with van der Waals surface area (Å²) in [7, 11) is 0. The number of nitrogens with two attached hydrogens (primary N) is 1. The van der Waals surface area contributed by atoms with Gasteiger partial charge in [0, 0.05) is 18.8 Å². The first kappa shape index (κ1) is 13.3. The van der Waals surface area contributed by atoms with Gasteiger partial charge in [-0.05, 0) is 49.3 Å². The fourth-order valence-corrected chi connectivity index (χ4v) is 3.94. The molecule has 20 heavy (non-hydrogen) atoms. The number of nitriles is 1. The Labute approximate surface area is 121 Å². The third-order valence-corrected chi connectivity index (χ3v) is 5.22. The highest BCUT2D eigenvalue weighted by Gasteiger charge is 2.35. The predicted octanol–water partition coefficient (Wildman–Crippen LogP) is 3.69. The molecule has 0 amide bonds. The zero-order valence-electron chi connectivity index (χ0n) is 12.1. The first-order valence-corrected chi connectivity index (χ1v) is 7.77. The topological polar surface area (TPSA) is 53.1 Å². The van der Waals surface area contributed by atoms with E-state index in [0.29, 0.717) is 16.7 Å². The fraction of sp³-hybridized carbons (Fsp3) is 0.588. The van der Waals surface area contributed by atoms with Crippen LogP contribution in [0.1, 0.15) is 50.5 Å². The van der Waals surface area contributed by atoms with Crippen LogP contribution in [-0.4, -0.2) is 13.1 Å². The van der Waals surface area contributed by atoms with Crippen LogP contribution >= 0.6 is 0 Å². The first-order chi connectivity index (χ1) is 9.72. The van der Waals surface area contributed by atoms with Crippen LogP contribution in [0.4, 0.5) is 11.4 Å². The van der Waals surface area contributed by atoms with Crippen molar-refractivity contribution in [2.75, 3.05) is 23.7 Å². The smallest absolute Gasteiger partial charge is 0.101 e. The van der Waals surface area contributed by atoms with Gasteiger partial charge in [-0.3, -0.25) is 0 Å². The average molecular weight is 269 g/mol. The molecule has 0 unspecified atom stereocenters. The van der Waals surface area contributed by atoms with E-state index in [2.05, 4.69) is 11.0 Å². The molecule has 1 heterocycles. The molecule has 0 radical (unpaired) electrons. The Kier molecular flexibility index (Phi) is 3.56. The lowest BCUT2D eigenvalue weighted by atomic mass is 9.68. The summed E-state index contributed by atoms with van der Waals surface area (Å²) in [6.45, 7) is 2.16. The van der Waals surface area contributed by atoms with Crippen molar-refractivity contribution in [3.8, 4) is 6.07 Å². The van der Waals surface area contributed by atoms with E-state index in [0.717, 1.165) is 18.8 Å². The molecule has 1 aliphatic heterocycles. The van der Waals surface area contributed by atoms with E-state index in [1.807, 2.05) is 12.1 Å². The summed E-state index contributed by atoms with van der Waals surface area (Å²) in [5.41, 5.74) is 8.83. The van der Waals surface area contributed by atoms with Gasteiger partial charge in [-0.2, -0.15) is 5.26 Å². The monoisotopic (exact) mass is 269 g/mol. The normalized spacial score (nSPS) is 21.6. The van der Waals surface area contributed by atoms with E-state index < -0.39 is 0 Å². The highest BCUT2D eigenvalue weighted by atomic mass is 15.1. The van der Waals surface area contributed by atoms with Crippen LogP contribution in [0.3, 0.4) is 0 Å². The fourth-order valence-electron chi connectivity index (χ4n) is 3.94. The lowest BCUT2D eigenvalue weighted by Crippen LogP contribution is -2.41. The van der Waals surface area contributed by atoms with Crippen molar-refractivity contribution < 1.29 is 0 Å². The summed E-state index contributed by atoms with van der Waals surface area (Å²) in [6.07, 6.45) is 9.62. The van der Waals surface area contributed by atoms with Crippen LogP contribution in [0.25, 0.3) is 0 Å². The summed E-state index contributed by atoms with van der Waals surface area (Å²) in [5.74, 6) is 0. The summed E-state index contributed by atoms with van der Waals surface area (Å²) < 4.78 is 0. The molecule has 2 fully saturated rings. The Balaban J connectivity index is 1.73. The summed E-state index contributed by atoms with van der Waals surface area (Å²) >= 11 is 0. The van der Waals surface area contributed by atoms with E-state index in [1.165, 1.54) is 44.9 Å². The standard InChI is InChI=1S/C17H23N3/c18-13-14-12-15(19)4-5-16(14)20-10-8-17(9-11-20)6-2-1-3-7-17/h4-5,12H,1-3,6-11,19H2. The molecule has 1 saturated carbocycles. The lowest BCUT2D eigenvalue weighted by molar-refractivity contribution is 0.144. The van der Waals surface area contributed by atoms with Gasteiger partial charge in [-0.25, -0.2) is 0 Å². The van der Waals surface area contributed by atoms with Crippen LogP contribution in [0, 0.1) is 16.7 Å². The van der Waals surface area contributed by atoms with E-state index in [-0.39, 0.29) is 0 Å². The molecule has 3 heteroatoms. The van der Waals surface area contributed by atoms with Gasteiger partial charge < -0.3 is 10.6 Å². The van der Waals surface area contributed by atoms with Crippen LogP contribution in [0.2, 0.25) is 0 Å². The highest BCUT2D eigenvalue weighted by molar-refractivity contribution is 5.64. The molecule has 1 aliphatic carbocycles. The van der Waals surface area contributed by atoms with E-state index in [1.54, 1.807) is 6.07 Å². The molecule has 2 aliphatic rings. The van der Waals surface area contributed by atoms with Crippen LogP contribution < -0.4 is 10.6 Å². The number of anilines is 2. The van der Waals surface area contributed by atoms with Gasteiger partial charge in [-0.1, -0.05) is 19.3 Å². The molecule has 0 aromatic heterocycles. The number of hydrogen-bond acceptors (Lipinski definition) is 3. The summed E-state index contributed by atoms with van der Waals surface area (Å²) in [5, 5.41) is 9.28. The number of hydrogen-bond donors (Lipinski definition) is 1. The van der Waals surface area contributed by atoms with Crippen LogP contribution in [0.5, 0.6) is 0 Å². The van der Waals surface area contributed by atoms with Crippen molar-refractivity contribution in [2.45, 2.75) is 44.9 Å². The zero-order valence-corrected chi connectivity index (χ0v) is 12.1. The Bertz CT molecular complexity index is 514. The van der Waals surface area contributed by atoms with Crippen molar-refractivity contribution in [1.82, 2.24) is 0 Å². The minimum Gasteiger partial charge on any atom is -0.399 e. The molecule has 1 spiro atoms. The maximum atomic E-state index is 9.28. The average Bonchev–Trinajstić information content (AvgIpc) is 2.49. The first-order valence-electron chi connectivity index (χ1n) is 7.77. The zero-order chi connectivity index (χ0) is 14.0. The van der Waals surface area contributed by atoms with Gasteiger partial charge in [0.15, 0.2) is 0 Å². The maximum absolute atomic E-state index is 9.28. The number of nitrogen functional groups attached to an aromatic ring is 1. The lowest BCUT2D eigenvalue weighted by Gasteiger charge is -2.45. The van der Waals surface area contributed by atoms with E-state index >= 15 is 0 Å². The molecule has 0 atom stereocenters. The SMILES string of the molecule is N#Cc1cc(N)ccc1N1CCC2(CCCCC2)CC1. The maximum Gasteiger partial charge on any atom is 0.101 e. The second-order valence-electron chi connectivity index (χ2n) is 6.44. The summed E-state index contributed by atoms with van der Waals surface area (Å²) in [6, 6.07) is 7.99. The Morgan fingerprint density at radius 3 is 2.40 bits per heavy atom. The minimum absolute atomic E-state index is 0.607. The molecule has 0 bridgehead atoms. The molecule has 2 N–H and O–H groups in total. The molecule has 106 valence electrons. The second kappa shape index (κ2) is 5.36. The van der Waals surface area contributed by atoms with Crippen LogP contribution in [0.15, 0.2) is 18.2 Å². The van der Waals surface area contributed by atoms with Gasteiger partial charge in [0.05, 0.1) is 11.3 Å². The van der Waals surface area contributed by atoms with Crippen molar-refractivity contribution in [1.29, 1.82) is 5.26 Å². The number of rotatable bonds is 1. The third kappa shape index (κ3) is 2.47. The van der Waals surface area contributed by atoms with Crippen LogP contribution in [-0.2, 0) is 0 Å². The molecule has 3 nitrogen and oxygen atoms in total. The number of piperidine rings is 1. The largest absolute Gasteiger partial charge is 0.399 e. The molecule has 1 aromatic rings. The number of benzene rings is 1. The molecular formula is C17H23N3. The molecular weight excluding hydrogens is 246 g/mol. The quantitative estimate of drug-likeness (QED) is 0.791.